The molecule has 0 saturated heterocycles. The molecule has 4 heteroatoms. The maximum Gasteiger partial charge on any atom is 0.224 e. The number of carbonyl (C=O) groups is 1. The highest BCUT2D eigenvalue weighted by atomic mass is 79.9. The molecule has 1 aromatic rings. The van der Waals surface area contributed by atoms with Gasteiger partial charge in [0.05, 0.1) is 9.47 Å². The van der Waals surface area contributed by atoms with Crippen LogP contribution in [0, 0.1) is 0 Å². The van der Waals surface area contributed by atoms with Gasteiger partial charge in [-0.15, -0.1) is 11.3 Å². The first-order valence-electron chi connectivity index (χ1n) is 3.84. The van der Waals surface area contributed by atoms with Crippen molar-refractivity contribution in [2.24, 2.45) is 0 Å². The van der Waals surface area contributed by atoms with E-state index in [0.717, 1.165) is 22.3 Å². The lowest BCUT2D eigenvalue weighted by molar-refractivity contribution is -0.116. The van der Waals surface area contributed by atoms with Crippen molar-refractivity contribution in [3.05, 3.63) is 14.7 Å². The number of aryl methyl sites for hydroxylation is 1. The Balaban J connectivity index is 2.36. The topological polar surface area (TPSA) is 29.1 Å². The number of fused-ring (bicyclic) bond motifs is 1. The Labute approximate surface area is 83.1 Å². The molecule has 1 amide bonds. The third-order valence-corrected chi connectivity index (χ3v) is 3.56. The van der Waals surface area contributed by atoms with Crippen LogP contribution in [0.4, 0.5) is 5.69 Å². The van der Waals surface area contributed by atoms with E-state index in [1.807, 2.05) is 6.07 Å². The SMILES string of the molecule is O=C1CCCc2sc(Br)cc2N1. The van der Waals surface area contributed by atoms with Crippen molar-refractivity contribution in [2.75, 3.05) is 5.32 Å². The van der Waals surface area contributed by atoms with Crippen molar-refractivity contribution in [1.29, 1.82) is 0 Å². The second kappa shape index (κ2) is 3.18. The van der Waals surface area contributed by atoms with Crippen LogP contribution < -0.4 is 5.32 Å². The maximum absolute atomic E-state index is 11.1. The van der Waals surface area contributed by atoms with E-state index in [1.165, 1.54) is 4.88 Å². The van der Waals surface area contributed by atoms with Gasteiger partial charge < -0.3 is 5.32 Å². The summed E-state index contributed by atoms with van der Waals surface area (Å²) >= 11 is 5.11. The Kier molecular flexibility index (Phi) is 2.19. The van der Waals surface area contributed by atoms with E-state index >= 15 is 0 Å². The van der Waals surface area contributed by atoms with Gasteiger partial charge in [-0.1, -0.05) is 0 Å². The highest BCUT2D eigenvalue weighted by Gasteiger charge is 2.14. The van der Waals surface area contributed by atoms with Gasteiger partial charge in [-0.2, -0.15) is 0 Å². The molecular weight excluding hydrogens is 238 g/mol. The lowest BCUT2D eigenvalue weighted by Crippen LogP contribution is -2.08. The number of rotatable bonds is 0. The van der Waals surface area contributed by atoms with Gasteiger partial charge in [0.25, 0.3) is 0 Å². The number of nitrogens with one attached hydrogen (secondary N) is 1. The fraction of sp³-hybridized carbons (Fsp3) is 0.375. The Hall–Kier alpha value is -0.350. The lowest BCUT2D eigenvalue weighted by Gasteiger charge is -1.97. The summed E-state index contributed by atoms with van der Waals surface area (Å²) in [7, 11) is 0. The summed E-state index contributed by atoms with van der Waals surface area (Å²) < 4.78 is 1.09. The van der Waals surface area contributed by atoms with E-state index < -0.39 is 0 Å². The molecule has 2 nitrogen and oxygen atoms in total. The Morgan fingerprint density at radius 1 is 1.50 bits per heavy atom. The molecule has 0 aliphatic carbocycles. The van der Waals surface area contributed by atoms with Crippen LogP contribution in [0.2, 0.25) is 0 Å². The molecule has 1 aliphatic heterocycles. The third kappa shape index (κ3) is 1.54. The van der Waals surface area contributed by atoms with E-state index in [0.29, 0.717) is 6.42 Å². The molecule has 0 unspecified atom stereocenters. The van der Waals surface area contributed by atoms with Crippen molar-refractivity contribution in [3.8, 4) is 0 Å². The number of hydrogen-bond acceptors (Lipinski definition) is 2. The average molecular weight is 246 g/mol. The lowest BCUT2D eigenvalue weighted by atomic mass is 10.2. The van der Waals surface area contributed by atoms with Gasteiger partial charge in [0.15, 0.2) is 0 Å². The van der Waals surface area contributed by atoms with Crippen LogP contribution in [-0.2, 0) is 11.2 Å². The van der Waals surface area contributed by atoms with Crippen LogP contribution in [0.3, 0.4) is 0 Å². The van der Waals surface area contributed by atoms with E-state index in [2.05, 4.69) is 21.2 Å². The number of amides is 1. The average Bonchev–Trinajstić information content (AvgIpc) is 2.23. The standard InChI is InChI=1S/C8H8BrNOS/c9-7-4-5-6(12-7)2-1-3-8(11)10-5/h4H,1-3H2,(H,10,11). The zero-order valence-electron chi connectivity index (χ0n) is 6.39. The highest BCUT2D eigenvalue weighted by Crippen LogP contribution is 2.33. The second-order valence-corrected chi connectivity index (χ2v) is 5.31. The fourth-order valence-electron chi connectivity index (χ4n) is 1.31. The number of halogens is 1. The summed E-state index contributed by atoms with van der Waals surface area (Å²) in [6, 6.07) is 1.98. The summed E-state index contributed by atoms with van der Waals surface area (Å²) in [6.45, 7) is 0. The van der Waals surface area contributed by atoms with Gasteiger partial charge in [-0.3, -0.25) is 4.79 Å². The predicted octanol–water partition coefficient (Wildman–Crippen LogP) is 2.79. The van der Waals surface area contributed by atoms with E-state index in [-0.39, 0.29) is 5.91 Å². The van der Waals surface area contributed by atoms with Crippen molar-refractivity contribution >= 4 is 38.9 Å². The number of anilines is 1. The van der Waals surface area contributed by atoms with Crippen LogP contribution in [0.1, 0.15) is 17.7 Å². The van der Waals surface area contributed by atoms with Gasteiger partial charge in [-0.25, -0.2) is 0 Å². The molecule has 0 radical (unpaired) electrons. The molecule has 64 valence electrons. The summed E-state index contributed by atoms with van der Waals surface area (Å²) in [5, 5.41) is 2.88. The summed E-state index contributed by atoms with van der Waals surface area (Å²) in [5.41, 5.74) is 0.995. The fourth-order valence-corrected chi connectivity index (χ4v) is 3.00. The third-order valence-electron chi connectivity index (χ3n) is 1.86. The predicted molar refractivity (Wildman–Crippen MR) is 53.6 cm³/mol. The van der Waals surface area contributed by atoms with Crippen LogP contribution in [0.5, 0.6) is 0 Å². The molecule has 12 heavy (non-hydrogen) atoms. The molecular formula is C8H8BrNOS. The van der Waals surface area contributed by atoms with Crippen LogP contribution >= 0.6 is 27.3 Å². The summed E-state index contributed by atoms with van der Waals surface area (Å²) in [4.78, 5) is 12.4. The van der Waals surface area contributed by atoms with E-state index in [9.17, 15) is 4.79 Å². The smallest absolute Gasteiger partial charge is 0.224 e. The first kappa shape index (κ1) is 8.26. The number of thiophene rings is 1. The van der Waals surface area contributed by atoms with Gasteiger partial charge >= 0.3 is 0 Å². The maximum atomic E-state index is 11.1. The van der Waals surface area contributed by atoms with Crippen LogP contribution in [0.25, 0.3) is 0 Å². The molecule has 1 aliphatic rings. The monoisotopic (exact) mass is 245 g/mol. The first-order chi connectivity index (χ1) is 5.75. The highest BCUT2D eigenvalue weighted by molar-refractivity contribution is 9.11. The number of hydrogen-bond donors (Lipinski definition) is 1. The Bertz CT molecular complexity index is 321. The second-order valence-electron chi connectivity index (χ2n) is 2.79. The van der Waals surface area contributed by atoms with Gasteiger partial charge in [-0.05, 0) is 34.8 Å². The molecule has 0 aromatic carbocycles. The quantitative estimate of drug-likeness (QED) is 0.749. The first-order valence-corrected chi connectivity index (χ1v) is 5.45. The minimum atomic E-state index is 0.138. The van der Waals surface area contributed by atoms with Crippen molar-refractivity contribution in [2.45, 2.75) is 19.3 Å². The zero-order chi connectivity index (χ0) is 8.55. The van der Waals surface area contributed by atoms with Crippen molar-refractivity contribution < 1.29 is 4.79 Å². The minimum Gasteiger partial charge on any atom is -0.325 e. The van der Waals surface area contributed by atoms with Gasteiger partial charge in [0, 0.05) is 11.3 Å². The Morgan fingerprint density at radius 2 is 2.33 bits per heavy atom. The largest absolute Gasteiger partial charge is 0.325 e. The molecule has 0 saturated carbocycles. The van der Waals surface area contributed by atoms with Crippen molar-refractivity contribution in [1.82, 2.24) is 0 Å². The van der Waals surface area contributed by atoms with Gasteiger partial charge in [0.1, 0.15) is 0 Å². The molecule has 2 heterocycles. The molecule has 2 rings (SSSR count). The van der Waals surface area contributed by atoms with Crippen LogP contribution in [0.15, 0.2) is 9.85 Å². The molecule has 0 fully saturated rings. The molecule has 0 spiro atoms. The minimum absolute atomic E-state index is 0.138. The Morgan fingerprint density at radius 3 is 3.17 bits per heavy atom. The van der Waals surface area contributed by atoms with E-state index in [4.69, 9.17) is 0 Å². The molecule has 0 atom stereocenters. The summed E-state index contributed by atoms with van der Waals surface area (Å²) in [5.74, 6) is 0.138. The van der Waals surface area contributed by atoms with E-state index in [1.54, 1.807) is 11.3 Å². The van der Waals surface area contributed by atoms with Crippen LogP contribution in [-0.4, -0.2) is 5.91 Å². The molecule has 1 aromatic heterocycles. The number of carbonyl (C=O) groups excluding carboxylic acids is 1. The zero-order valence-corrected chi connectivity index (χ0v) is 8.80. The molecule has 1 N–H and O–H groups in total. The summed E-state index contributed by atoms with van der Waals surface area (Å²) in [6.07, 6.45) is 2.63. The normalized spacial score (nSPS) is 16.6. The van der Waals surface area contributed by atoms with Crippen molar-refractivity contribution in [3.63, 3.8) is 0 Å². The molecule has 0 bridgehead atoms. The van der Waals surface area contributed by atoms with Gasteiger partial charge in [0.2, 0.25) is 5.91 Å².